The average molecular weight is 469 g/mol. The number of nitrogens with one attached hydrogen (secondary N) is 2. The maximum atomic E-state index is 10.8. The summed E-state index contributed by atoms with van der Waals surface area (Å²) in [5.41, 5.74) is 6.57. The van der Waals surface area contributed by atoms with Gasteiger partial charge in [0.25, 0.3) is 0 Å². The number of benzene rings is 1. The normalized spacial score (nSPS) is 17.6. The van der Waals surface area contributed by atoms with E-state index < -0.39 is 5.97 Å². The zero-order valence-electron chi connectivity index (χ0n) is 19.5. The van der Waals surface area contributed by atoms with E-state index in [9.17, 15) is 9.59 Å². The summed E-state index contributed by atoms with van der Waals surface area (Å²) in [5, 5.41) is 15.9. The van der Waals surface area contributed by atoms with Gasteiger partial charge in [0, 0.05) is 50.8 Å². The van der Waals surface area contributed by atoms with Gasteiger partial charge >= 0.3 is 5.97 Å². The molecule has 2 heterocycles. The average Bonchev–Trinajstić information content (AvgIpc) is 3.59. The van der Waals surface area contributed by atoms with Crippen LogP contribution in [0.25, 0.3) is 0 Å². The molecule has 8 nitrogen and oxygen atoms in total. The fourth-order valence-electron chi connectivity index (χ4n) is 4.36. The number of carboxylic acids is 1. The van der Waals surface area contributed by atoms with Gasteiger partial charge in [0.15, 0.2) is 6.29 Å². The number of hydrogen-bond acceptors (Lipinski definition) is 5. The Hall–Kier alpha value is -3.20. The highest BCUT2D eigenvalue weighted by atomic mass is 16.5. The SMILES string of the molecule is CCOC1Cc2cc(C=O)[nH]c2C1.CO.O=C(O)c1cc2c([nH]1)CC(OCc1ccccc1)C2. The van der Waals surface area contributed by atoms with Crippen molar-refractivity contribution in [2.45, 2.75) is 51.4 Å². The second kappa shape index (κ2) is 12.3. The molecule has 0 fully saturated rings. The molecule has 3 aromatic rings. The first-order valence-corrected chi connectivity index (χ1v) is 11.4. The fourth-order valence-corrected chi connectivity index (χ4v) is 4.36. The van der Waals surface area contributed by atoms with Gasteiger partial charge in [-0.3, -0.25) is 4.79 Å². The Morgan fingerprint density at radius 2 is 1.59 bits per heavy atom. The van der Waals surface area contributed by atoms with E-state index in [-0.39, 0.29) is 11.8 Å². The van der Waals surface area contributed by atoms with Crippen LogP contribution in [0.5, 0.6) is 0 Å². The molecule has 1 aromatic carbocycles. The lowest BCUT2D eigenvalue weighted by atomic mass is 10.2. The molecule has 2 atom stereocenters. The van der Waals surface area contributed by atoms with Crippen molar-refractivity contribution in [2.75, 3.05) is 13.7 Å². The van der Waals surface area contributed by atoms with Gasteiger partial charge in [0.2, 0.25) is 0 Å². The summed E-state index contributed by atoms with van der Waals surface area (Å²) in [5.74, 6) is -0.906. The van der Waals surface area contributed by atoms with Gasteiger partial charge in [-0.05, 0) is 35.7 Å². The second-order valence-electron chi connectivity index (χ2n) is 8.15. The maximum Gasteiger partial charge on any atom is 0.352 e. The number of aliphatic hydroxyl groups excluding tert-OH is 1. The van der Waals surface area contributed by atoms with E-state index >= 15 is 0 Å². The molecule has 0 radical (unpaired) electrons. The van der Waals surface area contributed by atoms with Crippen LogP contribution < -0.4 is 0 Å². The van der Waals surface area contributed by atoms with Gasteiger partial charge in [0.05, 0.1) is 24.5 Å². The summed E-state index contributed by atoms with van der Waals surface area (Å²) in [6.45, 7) is 3.36. The molecule has 0 aliphatic heterocycles. The monoisotopic (exact) mass is 468 g/mol. The smallest absolute Gasteiger partial charge is 0.352 e. The molecule has 8 heteroatoms. The number of carbonyl (C=O) groups excluding carboxylic acids is 1. The van der Waals surface area contributed by atoms with Crippen LogP contribution in [-0.4, -0.2) is 58.4 Å². The van der Waals surface area contributed by atoms with Crippen molar-refractivity contribution in [3.05, 3.63) is 81.9 Å². The molecule has 4 N–H and O–H groups in total. The number of aromatic carboxylic acids is 1. The Morgan fingerprint density at radius 3 is 2.15 bits per heavy atom. The van der Waals surface area contributed by atoms with Crippen molar-refractivity contribution in [3.8, 4) is 0 Å². The number of carboxylic acid groups (broad SMARTS) is 1. The van der Waals surface area contributed by atoms with Crippen molar-refractivity contribution in [2.24, 2.45) is 0 Å². The number of aliphatic hydroxyl groups is 1. The van der Waals surface area contributed by atoms with Crippen LogP contribution in [-0.2, 0) is 41.8 Å². The highest BCUT2D eigenvalue weighted by molar-refractivity contribution is 5.86. The summed E-state index contributed by atoms with van der Waals surface area (Å²) < 4.78 is 11.4. The van der Waals surface area contributed by atoms with Gasteiger partial charge in [0.1, 0.15) is 5.69 Å². The van der Waals surface area contributed by atoms with E-state index in [0.717, 1.165) is 62.5 Å². The molecular formula is C26H32N2O6. The Bertz CT molecular complexity index is 1030. The number of ether oxygens (including phenoxy) is 2. The predicted octanol–water partition coefficient (Wildman–Crippen LogP) is 3.34. The van der Waals surface area contributed by atoms with Crippen molar-refractivity contribution >= 4 is 12.3 Å². The van der Waals surface area contributed by atoms with Crippen LogP contribution in [0.15, 0.2) is 42.5 Å². The molecule has 0 amide bonds. The third-order valence-electron chi connectivity index (χ3n) is 5.85. The highest BCUT2D eigenvalue weighted by Crippen LogP contribution is 2.26. The zero-order valence-corrected chi connectivity index (χ0v) is 19.5. The number of hydrogen-bond donors (Lipinski definition) is 4. The van der Waals surface area contributed by atoms with Gasteiger partial charge in [-0.2, -0.15) is 0 Å². The van der Waals surface area contributed by atoms with Crippen molar-refractivity contribution in [3.63, 3.8) is 0 Å². The van der Waals surface area contributed by atoms with E-state index in [1.807, 2.05) is 43.3 Å². The highest BCUT2D eigenvalue weighted by Gasteiger charge is 2.26. The largest absolute Gasteiger partial charge is 0.477 e. The Balaban J connectivity index is 0.000000189. The standard InChI is InChI=1S/C15H15NO3.C10H13NO2.CH4O/c17-15(18)14-7-11-6-12(8-13(11)16-14)19-9-10-4-2-1-3-5-10;1-2-13-9-4-7-3-8(6-12)11-10(7)5-9;1-2/h1-5,7,12,16H,6,8-9H2,(H,17,18);3,6,9,11H,2,4-5H2,1H3;2H,1H3. The molecule has 5 rings (SSSR count). The second-order valence-corrected chi connectivity index (χ2v) is 8.15. The Labute approximate surface area is 198 Å². The minimum absolute atomic E-state index is 0.143. The fraction of sp³-hybridized carbons (Fsp3) is 0.385. The lowest BCUT2D eigenvalue weighted by Crippen LogP contribution is -2.13. The number of aromatic amines is 2. The number of H-pyrrole nitrogens is 2. The number of fused-ring (bicyclic) bond motifs is 2. The summed E-state index contributed by atoms with van der Waals surface area (Å²) >= 11 is 0. The van der Waals surface area contributed by atoms with Crippen LogP contribution in [0.3, 0.4) is 0 Å². The lowest BCUT2D eigenvalue weighted by Gasteiger charge is -2.11. The topological polar surface area (TPSA) is 125 Å². The van der Waals surface area contributed by atoms with Gasteiger partial charge < -0.3 is 29.7 Å². The molecule has 0 bridgehead atoms. The van der Waals surface area contributed by atoms with Crippen LogP contribution in [0.2, 0.25) is 0 Å². The van der Waals surface area contributed by atoms with Gasteiger partial charge in [-0.15, -0.1) is 0 Å². The van der Waals surface area contributed by atoms with Gasteiger partial charge in [-0.25, -0.2) is 4.79 Å². The number of carbonyl (C=O) groups is 2. The quantitative estimate of drug-likeness (QED) is 0.394. The van der Waals surface area contributed by atoms with Crippen LogP contribution >= 0.6 is 0 Å². The molecule has 34 heavy (non-hydrogen) atoms. The van der Waals surface area contributed by atoms with E-state index in [1.165, 1.54) is 11.3 Å². The van der Waals surface area contributed by atoms with Crippen LogP contribution in [0, 0.1) is 0 Å². The number of aromatic nitrogens is 2. The Kier molecular flexibility index (Phi) is 9.21. The number of rotatable bonds is 7. The Morgan fingerprint density at radius 1 is 0.971 bits per heavy atom. The minimum atomic E-state index is -0.906. The molecule has 2 aromatic heterocycles. The third kappa shape index (κ3) is 6.44. The molecule has 0 saturated carbocycles. The minimum Gasteiger partial charge on any atom is -0.477 e. The van der Waals surface area contributed by atoms with Crippen molar-refractivity contribution < 1.29 is 29.3 Å². The first-order valence-electron chi connectivity index (χ1n) is 11.4. The molecule has 0 spiro atoms. The van der Waals surface area contributed by atoms with Crippen LogP contribution in [0.4, 0.5) is 0 Å². The predicted molar refractivity (Wildman–Crippen MR) is 127 cm³/mol. The molecule has 2 unspecified atom stereocenters. The van der Waals surface area contributed by atoms with Crippen molar-refractivity contribution in [1.29, 1.82) is 0 Å². The lowest BCUT2D eigenvalue weighted by molar-refractivity contribution is 0.0473. The first kappa shape index (κ1) is 25.4. The zero-order chi connectivity index (χ0) is 24.5. The molecular weight excluding hydrogens is 436 g/mol. The summed E-state index contributed by atoms with van der Waals surface area (Å²) in [4.78, 5) is 27.3. The molecule has 2 aliphatic rings. The van der Waals surface area contributed by atoms with E-state index in [2.05, 4.69) is 9.97 Å². The number of aldehydes is 1. The molecule has 0 saturated heterocycles. The maximum absolute atomic E-state index is 10.8. The summed E-state index contributed by atoms with van der Waals surface area (Å²) in [6, 6.07) is 13.7. The van der Waals surface area contributed by atoms with E-state index in [4.69, 9.17) is 19.7 Å². The van der Waals surface area contributed by atoms with Crippen LogP contribution in [0.1, 0.15) is 56.0 Å². The van der Waals surface area contributed by atoms with E-state index in [1.54, 1.807) is 6.07 Å². The van der Waals surface area contributed by atoms with Crippen molar-refractivity contribution in [1.82, 2.24) is 9.97 Å². The van der Waals surface area contributed by atoms with E-state index in [0.29, 0.717) is 18.4 Å². The van der Waals surface area contributed by atoms with Gasteiger partial charge in [-0.1, -0.05) is 30.3 Å². The summed E-state index contributed by atoms with van der Waals surface area (Å²) in [6.07, 6.45) is 4.70. The molecule has 182 valence electrons. The first-order chi connectivity index (χ1) is 16.6. The molecule has 2 aliphatic carbocycles. The third-order valence-corrected chi connectivity index (χ3v) is 5.85. The summed E-state index contributed by atoms with van der Waals surface area (Å²) in [7, 11) is 1.00.